The first-order valence-electron chi connectivity index (χ1n) is 11.5. The van der Waals surface area contributed by atoms with E-state index in [4.69, 9.17) is 4.74 Å². The summed E-state index contributed by atoms with van der Waals surface area (Å²) in [5.74, 6) is -0.634. The van der Waals surface area contributed by atoms with Crippen LogP contribution in [0.1, 0.15) is 47.7 Å². The largest absolute Gasteiger partial charge is 0.462 e. The lowest BCUT2D eigenvalue weighted by atomic mass is 9.87. The molecule has 1 amide bonds. The van der Waals surface area contributed by atoms with Crippen molar-refractivity contribution >= 4 is 21.9 Å². The first-order valence-corrected chi connectivity index (χ1v) is 13.0. The zero-order chi connectivity index (χ0) is 23.4. The third-order valence-corrected chi connectivity index (χ3v) is 8.43. The molecule has 1 saturated heterocycles. The summed E-state index contributed by atoms with van der Waals surface area (Å²) in [4.78, 5) is 24.8. The Morgan fingerprint density at radius 1 is 1.00 bits per heavy atom. The van der Waals surface area contributed by atoms with E-state index in [0.29, 0.717) is 31.5 Å². The molecule has 0 radical (unpaired) electrons. The van der Waals surface area contributed by atoms with Gasteiger partial charge >= 0.3 is 5.97 Å². The maximum absolute atomic E-state index is 13.0. The van der Waals surface area contributed by atoms with E-state index in [1.54, 1.807) is 6.92 Å². The molecule has 7 nitrogen and oxygen atoms in total. The molecule has 8 heteroatoms. The van der Waals surface area contributed by atoms with Crippen LogP contribution in [-0.4, -0.2) is 50.3 Å². The molecule has 1 atom stereocenters. The van der Waals surface area contributed by atoms with Crippen molar-refractivity contribution in [1.29, 1.82) is 0 Å². The van der Waals surface area contributed by atoms with Crippen molar-refractivity contribution in [3.05, 3.63) is 65.2 Å². The van der Waals surface area contributed by atoms with Crippen molar-refractivity contribution in [2.45, 2.75) is 50.0 Å². The number of carbonyl (C=O) groups is 2. The van der Waals surface area contributed by atoms with Gasteiger partial charge in [0.25, 0.3) is 0 Å². The lowest BCUT2D eigenvalue weighted by molar-refractivity contribution is -0.126. The third kappa shape index (κ3) is 5.28. The maximum atomic E-state index is 13.0. The van der Waals surface area contributed by atoms with E-state index >= 15 is 0 Å². The molecule has 0 saturated carbocycles. The van der Waals surface area contributed by atoms with Gasteiger partial charge in [0.15, 0.2) is 0 Å². The Bertz CT molecular complexity index is 1110. The molecule has 1 aliphatic carbocycles. The highest BCUT2D eigenvalue weighted by molar-refractivity contribution is 7.89. The molecule has 1 heterocycles. The molecule has 2 aromatic rings. The number of esters is 1. The van der Waals surface area contributed by atoms with Crippen LogP contribution in [0.3, 0.4) is 0 Å². The molecule has 1 unspecified atom stereocenters. The van der Waals surface area contributed by atoms with Crippen molar-refractivity contribution in [3.8, 4) is 0 Å². The average molecular weight is 471 g/mol. The number of nitrogens with one attached hydrogen (secondary N) is 1. The lowest BCUT2D eigenvalue weighted by Crippen LogP contribution is -2.46. The molecule has 1 aliphatic heterocycles. The predicted molar refractivity (Wildman–Crippen MR) is 124 cm³/mol. The van der Waals surface area contributed by atoms with Crippen molar-refractivity contribution in [1.82, 2.24) is 9.62 Å². The van der Waals surface area contributed by atoms with E-state index in [2.05, 4.69) is 17.4 Å². The van der Waals surface area contributed by atoms with Crippen LogP contribution in [0.25, 0.3) is 0 Å². The van der Waals surface area contributed by atoms with Gasteiger partial charge in [-0.2, -0.15) is 4.31 Å². The second-order valence-corrected chi connectivity index (χ2v) is 10.6. The van der Waals surface area contributed by atoms with Crippen molar-refractivity contribution in [3.63, 3.8) is 0 Å². The van der Waals surface area contributed by atoms with Crippen molar-refractivity contribution in [2.75, 3.05) is 19.7 Å². The monoisotopic (exact) mass is 470 g/mol. The Morgan fingerprint density at radius 2 is 1.67 bits per heavy atom. The van der Waals surface area contributed by atoms with Gasteiger partial charge in [-0.3, -0.25) is 4.79 Å². The van der Waals surface area contributed by atoms with Gasteiger partial charge in [-0.25, -0.2) is 13.2 Å². The number of fused-ring (bicyclic) bond motifs is 1. The van der Waals surface area contributed by atoms with E-state index in [9.17, 15) is 18.0 Å². The Labute approximate surface area is 195 Å². The summed E-state index contributed by atoms with van der Waals surface area (Å²) in [7, 11) is -3.68. The van der Waals surface area contributed by atoms with Crippen molar-refractivity contribution in [2.24, 2.45) is 5.92 Å². The van der Waals surface area contributed by atoms with Gasteiger partial charge in [-0.15, -0.1) is 0 Å². The molecule has 176 valence electrons. The minimum atomic E-state index is -3.68. The Morgan fingerprint density at radius 3 is 2.33 bits per heavy atom. The summed E-state index contributed by atoms with van der Waals surface area (Å²) < 4.78 is 32.4. The van der Waals surface area contributed by atoms with E-state index in [0.717, 1.165) is 19.3 Å². The molecular formula is C25H30N2O5S. The summed E-state index contributed by atoms with van der Waals surface area (Å²) in [6.45, 7) is 2.57. The van der Waals surface area contributed by atoms with Gasteiger partial charge < -0.3 is 10.1 Å². The zero-order valence-electron chi connectivity index (χ0n) is 18.8. The number of carbonyl (C=O) groups excluding carboxylic acids is 2. The smallest absolute Gasteiger partial charge is 0.338 e. The molecule has 1 N–H and O–H groups in total. The summed E-state index contributed by atoms with van der Waals surface area (Å²) >= 11 is 0. The van der Waals surface area contributed by atoms with Gasteiger partial charge in [-0.05, 0) is 74.4 Å². The zero-order valence-corrected chi connectivity index (χ0v) is 19.6. The maximum Gasteiger partial charge on any atom is 0.338 e. The minimum Gasteiger partial charge on any atom is -0.462 e. The van der Waals surface area contributed by atoms with E-state index in [-0.39, 0.29) is 29.4 Å². The molecule has 0 spiro atoms. The molecule has 2 aliphatic rings. The van der Waals surface area contributed by atoms with Crippen LogP contribution in [0.5, 0.6) is 0 Å². The van der Waals surface area contributed by atoms with Crippen LogP contribution in [0.15, 0.2) is 53.4 Å². The number of aryl methyl sites for hydroxylation is 1. The first kappa shape index (κ1) is 23.4. The highest BCUT2D eigenvalue weighted by atomic mass is 32.2. The normalized spacial score (nSPS) is 19.5. The predicted octanol–water partition coefficient (Wildman–Crippen LogP) is 2.94. The van der Waals surface area contributed by atoms with Gasteiger partial charge in [0.05, 0.1) is 17.1 Å². The van der Waals surface area contributed by atoms with Gasteiger partial charge in [-0.1, -0.05) is 24.3 Å². The van der Waals surface area contributed by atoms with Crippen LogP contribution >= 0.6 is 0 Å². The Hall–Kier alpha value is -2.71. The van der Waals surface area contributed by atoms with E-state index < -0.39 is 16.0 Å². The standard InChI is InChI=1S/C25H30N2O5S/c1-2-32-25(29)20-8-11-23(12-9-20)33(30,31)27-15-13-19(14-16-27)24(28)26-22-10-7-18-5-3-4-6-21(18)17-22/h3-6,8-9,11-12,19,22H,2,7,10,13-17H2,1H3,(H,26,28). The first-order chi connectivity index (χ1) is 15.9. The summed E-state index contributed by atoms with van der Waals surface area (Å²) in [6.07, 6.45) is 3.73. The molecule has 33 heavy (non-hydrogen) atoms. The van der Waals surface area contributed by atoms with Crippen molar-refractivity contribution < 1.29 is 22.7 Å². The molecule has 2 aromatic carbocycles. The fraction of sp³-hybridized carbons (Fsp3) is 0.440. The van der Waals surface area contributed by atoms with Gasteiger partial charge in [0, 0.05) is 25.0 Å². The lowest BCUT2D eigenvalue weighted by Gasteiger charge is -2.32. The number of rotatable bonds is 6. The molecule has 1 fully saturated rings. The highest BCUT2D eigenvalue weighted by Gasteiger charge is 2.33. The van der Waals surface area contributed by atoms with Gasteiger partial charge in [0.1, 0.15) is 0 Å². The summed E-state index contributed by atoms with van der Waals surface area (Å²) in [5.41, 5.74) is 2.97. The number of amides is 1. The van der Waals surface area contributed by atoms with Crippen LogP contribution < -0.4 is 5.32 Å². The molecule has 0 bridgehead atoms. The fourth-order valence-corrected chi connectivity index (χ4v) is 6.09. The van der Waals surface area contributed by atoms with Crippen LogP contribution in [0, 0.1) is 5.92 Å². The second kappa shape index (κ2) is 10.1. The number of piperidine rings is 1. The highest BCUT2D eigenvalue weighted by Crippen LogP contribution is 2.26. The number of benzene rings is 2. The number of sulfonamides is 1. The third-order valence-electron chi connectivity index (χ3n) is 6.52. The number of ether oxygens (including phenoxy) is 1. The quantitative estimate of drug-likeness (QED) is 0.656. The van der Waals surface area contributed by atoms with E-state index in [1.807, 2.05) is 12.1 Å². The summed E-state index contributed by atoms with van der Waals surface area (Å²) in [5, 5.41) is 3.19. The van der Waals surface area contributed by atoms with Crippen LogP contribution in [0.2, 0.25) is 0 Å². The number of hydrogen-bond acceptors (Lipinski definition) is 5. The van der Waals surface area contributed by atoms with Crippen LogP contribution in [0.4, 0.5) is 0 Å². The Kier molecular flexibility index (Phi) is 7.14. The fourth-order valence-electron chi connectivity index (χ4n) is 4.62. The van der Waals surface area contributed by atoms with Crippen LogP contribution in [-0.2, 0) is 32.4 Å². The molecule has 4 rings (SSSR count). The number of nitrogens with zero attached hydrogens (tertiary/aromatic N) is 1. The summed E-state index contributed by atoms with van der Waals surface area (Å²) in [6, 6.07) is 14.3. The minimum absolute atomic E-state index is 0.0234. The molecule has 0 aromatic heterocycles. The topological polar surface area (TPSA) is 92.8 Å². The van der Waals surface area contributed by atoms with E-state index in [1.165, 1.54) is 39.7 Å². The Balaban J connectivity index is 1.31. The SMILES string of the molecule is CCOC(=O)c1ccc(S(=O)(=O)N2CCC(C(=O)NC3CCc4ccccc4C3)CC2)cc1. The molecular weight excluding hydrogens is 440 g/mol. The average Bonchev–Trinajstić information content (AvgIpc) is 2.84. The second-order valence-electron chi connectivity index (χ2n) is 8.64. The number of hydrogen-bond donors (Lipinski definition) is 1. The van der Waals surface area contributed by atoms with Gasteiger partial charge in [0.2, 0.25) is 15.9 Å².